The molecule has 25 heavy (non-hydrogen) atoms. The van der Waals surface area contributed by atoms with Crippen LogP contribution in [0.25, 0.3) is 0 Å². The molecule has 3 N–H and O–H groups in total. The fourth-order valence-electron chi connectivity index (χ4n) is 7.23. The third kappa shape index (κ3) is 2.33. The van der Waals surface area contributed by atoms with Gasteiger partial charge in [-0.05, 0) is 80.1 Å². The molecular weight excluding hydrogens is 316 g/mol. The van der Waals surface area contributed by atoms with Crippen LogP contribution in [0.2, 0.25) is 0 Å². The molecule has 0 saturated heterocycles. The van der Waals surface area contributed by atoms with E-state index in [1.54, 1.807) is 0 Å². The lowest BCUT2D eigenvalue weighted by Crippen LogP contribution is -2.56. The fourth-order valence-corrected chi connectivity index (χ4v) is 7.23. The molecule has 4 rings (SSSR count). The molecule has 4 nitrogen and oxygen atoms in total. The summed E-state index contributed by atoms with van der Waals surface area (Å²) in [5.74, 6) is 0.973. The molecule has 4 aliphatic carbocycles. The van der Waals surface area contributed by atoms with Crippen LogP contribution >= 0.6 is 0 Å². The third-order valence-electron chi connectivity index (χ3n) is 8.58. The lowest BCUT2D eigenvalue weighted by atomic mass is 9.47. The van der Waals surface area contributed by atoms with Gasteiger partial charge in [-0.2, -0.15) is 0 Å². The van der Waals surface area contributed by atoms with Gasteiger partial charge in [-0.3, -0.25) is 4.79 Å². The molecule has 3 saturated carbocycles. The van der Waals surface area contributed by atoms with Gasteiger partial charge in [-0.25, -0.2) is 0 Å². The molecule has 0 aliphatic heterocycles. The Morgan fingerprint density at radius 3 is 2.40 bits per heavy atom. The Labute approximate surface area is 150 Å². The van der Waals surface area contributed by atoms with Crippen LogP contribution in [0.5, 0.6) is 0 Å². The molecule has 0 heterocycles. The van der Waals surface area contributed by atoms with Crippen LogP contribution in [-0.4, -0.2) is 39.4 Å². The molecule has 0 bridgehead atoms. The highest BCUT2D eigenvalue weighted by molar-refractivity contribution is 5.94. The second-order valence-electron chi connectivity index (χ2n) is 9.75. The summed E-state index contributed by atoms with van der Waals surface area (Å²) < 4.78 is 0. The molecule has 0 radical (unpaired) electrons. The zero-order valence-corrected chi connectivity index (χ0v) is 15.6. The minimum atomic E-state index is -0.781. The molecule has 0 aromatic rings. The maximum atomic E-state index is 12.9. The summed E-state index contributed by atoms with van der Waals surface area (Å²) in [7, 11) is 0. The maximum absolute atomic E-state index is 12.9. The summed E-state index contributed by atoms with van der Waals surface area (Å²) in [5.41, 5.74) is 1.11. The van der Waals surface area contributed by atoms with Crippen molar-refractivity contribution in [1.29, 1.82) is 0 Å². The molecule has 140 valence electrons. The average Bonchev–Trinajstić information content (AvgIpc) is 2.88. The van der Waals surface area contributed by atoms with Crippen LogP contribution in [0.4, 0.5) is 0 Å². The molecule has 0 spiro atoms. The molecular formula is C21H32O4. The SMILES string of the molecule is C[C@H](O)[C@H]1CC[C@@H]2C3=CC(=O)[C@@H]4C[C@@H](O)[C@@H](O)C[C@]4(C)[C@H]3CC[C@@]21C. The Balaban J connectivity index is 1.73. The number of rotatable bonds is 1. The molecule has 0 amide bonds. The predicted octanol–water partition coefficient (Wildman–Crippen LogP) is 2.46. The van der Waals surface area contributed by atoms with Gasteiger partial charge in [0, 0.05) is 5.92 Å². The molecule has 3 fully saturated rings. The average molecular weight is 348 g/mol. The summed E-state index contributed by atoms with van der Waals surface area (Å²) in [5, 5.41) is 30.6. The number of hydrogen-bond donors (Lipinski definition) is 3. The van der Waals surface area contributed by atoms with Gasteiger partial charge in [-0.1, -0.05) is 19.4 Å². The smallest absolute Gasteiger partial charge is 0.159 e. The summed E-state index contributed by atoms with van der Waals surface area (Å²) in [6, 6.07) is 0. The van der Waals surface area contributed by atoms with Crippen LogP contribution in [0.3, 0.4) is 0 Å². The number of fused-ring (bicyclic) bond motifs is 5. The van der Waals surface area contributed by atoms with Crippen molar-refractivity contribution in [3.8, 4) is 0 Å². The van der Waals surface area contributed by atoms with Crippen molar-refractivity contribution < 1.29 is 20.1 Å². The molecule has 0 unspecified atom stereocenters. The van der Waals surface area contributed by atoms with Gasteiger partial charge in [0.25, 0.3) is 0 Å². The number of hydrogen-bond acceptors (Lipinski definition) is 4. The Morgan fingerprint density at radius 1 is 1.04 bits per heavy atom. The van der Waals surface area contributed by atoms with Crippen LogP contribution in [0.15, 0.2) is 11.6 Å². The Morgan fingerprint density at radius 2 is 1.72 bits per heavy atom. The predicted molar refractivity (Wildman–Crippen MR) is 94.7 cm³/mol. The molecule has 0 aromatic carbocycles. The van der Waals surface area contributed by atoms with E-state index in [0.717, 1.165) is 25.7 Å². The van der Waals surface area contributed by atoms with E-state index < -0.39 is 12.2 Å². The summed E-state index contributed by atoms with van der Waals surface area (Å²) in [6.07, 6.45) is 5.15. The van der Waals surface area contributed by atoms with E-state index in [1.807, 2.05) is 13.0 Å². The molecule has 4 aliphatic rings. The second kappa shape index (κ2) is 5.64. The lowest BCUT2D eigenvalue weighted by Gasteiger charge is -2.57. The third-order valence-corrected chi connectivity index (χ3v) is 8.58. The van der Waals surface area contributed by atoms with Crippen LogP contribution < -0.4 is 0 Å². The van der Waals surface area contributed by atoms with Gasteiger partial charge < -0.3 is 15.3 Å². The van der Waals surface area contributed by atoms with Crippen molar-refractivity contribution in [1.82, 2.24) is 0 Å². The van der Waals surface area contributed by atoms with Gasteiger partial charge in [0.1, 0.15) is 0 Å². The van der Waals surface area contributed by atoms with E-state index in [1.165, 1.54) is 5.57 Å². The highest BCUT2D eigenvalue weighted by Crippen LogP contribution is 2.65. The number of carbonyl (C=O) groups excluding carboxylic acids is 1. The molecule has 0 aromatic heterocycles. The summed E-state index contributed by atoms with van der Waals surface area (Å²) in [6.45, 7) is 6.37. The van der Waals surface area contributed by atoms with Crippen molar-refractivity contribution in [2.75, 3.05) is 0 Å². The van der Waals surface area contributed by atoms with Crippen molar-refractivity contribution in [3.05, 3.63) is 11.6 Å². The highest BCUT2D eigenvalue weighted by atomic mass is 16.3. The Hall–Kier alpha value is -0.710. The Kier molecular flexibility index (Phi) is 3.99. The minimum absolute atomic E-state index is 0.0762. The first-order chi connectivity index (χ1) is 11.7. The molecule has 4 heteroatoms. The van der Waals surface area contributed by atoms with Crippen molar-refractivity contribution >= 4 is 5.78 Å². The highest BCUT2D eigenvalue weighted by Gasteiger charge is 2.60. The topological polar surface area (TPSA) is 77.8 Å². The van der Waals surface area contributed by atoms with E-state index in [2.05, 4.69) is 13.8 Å². The van der Waals surface area contributed by atoms with Gasteiger partial charge in [0.05, 0.1) is 18.3 Å². The standard InChI is InChI=1S/C21H32O4/c1-11(22)13-4-5-14-12-8-17(23)16-9-18(24)19(25)10-21(16,3)15(12)6-7-20(13,14)2/h8,11,13-16,18-19,22,24-25H,4-7,9-10H2,1-3H3/t11-,13+,14+,15-,16-,18+,19-,20+,21+/m0/s1. The number of aliphatic hydroxyl groups is 3. The van der Waals surface area contributed by atoms with Crippen LogP contribution in [-0.2, 0) is 4.79 Å². The van der Waals surface area contributed by atoms with Gasteiger partial charge in [-0.15, -0.1) is 0 Å². The molecule has 9 atom stereocenters. The van der Waals surface area contributed by atoms with E-state index >= 15 is 0 Å². The monoisotopic (exact) mass is 348 g/mol. The Bertz CT molecular complexity index is 611. The largest absolute Gasteiger partial charge is 0.393 e. The first-order valence-corrected chi connectivity index (χ1v) is 9.98. The summed E-state index contributed by atoms with van der Waals surface area (Å²) >= 11 is 0. The van der Waals surface area contributed by atoms with Gasteiger partial charge in [0.2, 0.25) is 0 Å². The fraction of sp³-hybridized carbons (Fsp3) is 0.857. The number of ketones is 1. The lowest BCUT2D eigenvalue weighted by molar-refractivity contribution is -0.143. The quantitative estimate of drug-likeness (QED) is 0.680. The summed E-state index contributed by atoms with van der Waals surface area (Å²) in [4.78, 5) is 12.9. The normalized spacial score (nSPS) is 53.5. The maximum Gasteiger partial charge on any atom is 0.159 e. The van der Waals surface area contributed by atoms with Gasteiger partial charge >= 0.3 is 0 Å². The minimum Gasteiger partial charge on any atom is -0.393 e. The van der Waals surface area contributed by atoms with E-state index in [-0.39, 0.29) is 28.6 Å². The first kappa shape index (κ1) is 17.7. The first-order valence-electron chi connectivity index (χ1n) is 9.98. The number of aliphatic hydroxyl groups excluding tert-OH is 3. The van der Waals surface area contributed by atoms with E-state index in [9.17, 15) is 20.1 Å². The van der Waals surface area contributed by atoms with Crippen LogP contribution in [0, 0.1) is 34.5 Å². The zero-order valence-electron chi connectivity index (χ0n) is 15.6. The number of allylic oxidation sites excluding steroid dienone is 2. The van der Waals surface area contributed by atoms with Crippen molar-refractivity contribution in [3.63, 3.8) is 0 Å². The van der Waals surface area contributed by atoms with E-state index in [4.69, 9.17) is 0 Å². The van der Waals surface area contributed by atoms with E-state index in [0.29, 0.717) is 30.6 Å². The van der Waals surface area contributed by atoms with Gasteiger partial charge in [0.15, 0.2) is 5.78 Å². The number of carbonyl (C=O) groups is 1. The van der Waals surface area contributed by atoms with Crippen molar-refractivity contribution in [2.24, 2.45) is 34.5 Å². The van der Waals surface area contributed by atoms with Crippen LogP contribution in [0.1, 0.15) is 59.3 Å². The zero-order chi connectivity index (χ0) is 18.1. The van der Waals surface area contributed by atoms with Crippen molar-refractivity contribution in [2.45, 2.75) is 77.6 Å². The second-order valence-corrected chi connectivity index (χ2v) is 9.75.